The standard InChI is InChI=1S/C22H28N2O4/c1-3-27-21(25)16-24(15-19-10-6-4-7-11-19)14-18(2)23-22(26)28-17-20-12-8-5-9-13-20/h4-13,18H,3,14-17H2,1-2H3,(H,23,26). The number of alkyl carbamates (subject to hydrolysis) is 1. The van der Waals surface area contributed by atoms with Gasteiger partial charge in [-0.3, -0.25) is 9.69 Å². The number of nitrogens with zero attached hydrogens (tertiary/aromatic N) is 1. The maximum atomic E-state index is 12.0. The third kappa shape index (κ3) is 8.22. The minimum atomic E-state index is -0.479. The van der Waals surface area contributed by atoms with E-state index < -0.39 is 6.09 Å². The number of hydrogen-bond donors (Lipinski definition) is 1. The van der Waals surface area contributed by atoms with E-state index in [1.165, 1.54) is 0 Å². The number of hydrogen-bond acceptors (Lipinski definition) is 5. The van der Waals surface area contributed by atoms with Crippen molar-refractivity contribution in [3.63, 3.8) is 0 Å². The van der Waals surface area contributed by atoms with Crippen LogP contribution in [0.1, 0.15) is 25.0 Å². The average molecular weight is 384 g/mol. The van der Waals surface area contributed by atoms with Gasteiger partial charge in [0.1, 0.15) is 6.61 Å². The Labute approximate surface area is 166 Å². The first-order valence-corrected chi connectivity index (χ1v) is 9.46. The van der Waals surface area contributed by atoms with E-state index in [0.29, 0.717) is 19.7 Å². The summed E-state index contributed by atoms with van der Waals surface area (Å²) in [6.07, 6.45) is -0.479. The number of nitrogens with one attached hydrogen (secondary N) is 1. The molecule has 0 aromatic heterocycles. The molecule has 2 aromatic carbocycles. The van der Waals surface area contributed by atoms with E-state index in [9.17, 15) is 9.59 Å². The lowest BCUT2D eigenvalue weighted by Crippen LogP contribution is -2.43. The quantitative estimate of drug-likeness (QED) is 0.636. The van der Waals surface area contributed by atoms with Gasteiger partial charge in [-0.2, -0.15) is 0 Å². The van der Waals surface area contributed by atoms with Crippen molar-refractivity contribution in [1.29, 1.82) is 0 Å². The second-order valence-electron chi connectivity index (χ2n) is 6.57. The van der Waals surface area contributed by atoms with Gasteiger partial charge in [0, 0.05) is 19.1 Å². The zero-order valence-corrected chi connectivity index (χ0v) is 16.5. The molecule has 0 aliphatic rings. The molecule has 1 N–H and O–H groups in total. The van der Waals surface area contributed by atoms with Gasteiger partial charge in [-0.05, 0) is 25.0 Å². The lowest BCUT2D eigenvalue weighted by atomic mass is 10.2. The van der Waals surface area contributed by atoms with Gasteiger partial charge in [0.25, 0.3) is 0 Å². The number of carbonyl (C=O) groups excluding carboxylic acids is 2. The van der Waals surface area contributed by atoms with Crippen LogP contribution in [0.2, 0.25) is 0 Å². The normalized spacial score (nSPS) is 11.7. The molecule has 1 unspecified atom stereocenters. The molecule has 0 bridgehead atoms. The molecular formula is C22H28N2O4. The van der Waals surface area contributed by atoms with Crippen LogP contribution in [0.4, 0.5) is 4.79 Å². The fourth-order valence-electron chi connectivity index (χ4n) is 2.81. The van der Waals surface area contributed by atoms with Crippen LogP contribution in [-0.4, -0.2) is 42.7 Å². The van der Waals surface area contributed by atoms with Crippen LogP contribution in [0, 0.1) is 0 Å². The van der Waals surface area contributed by atoms with E-state index in [0.717, 1.165) is 11.1 Å². The fraction of sp³-hybridized carbons (Fsp3) is 0.364. The van der Waals surface area contributed by atoms with Gasteiger partial charge in [-0.1, -0.05) is 60.7 Å². The first kappa shape index (κ1) is 21.4. The summed E-state index contributed by atoms with van der Waals surface area (Å²) >= 11 is 0. The summed E-state index contributed by atoms with van der Waals surface area (Å²) in [4.78, 5) is 25.9. The largest absolute Gasteiger partial charge is 0.465 e. The third-order valence-corrected chi connectivity index (χ3v) is 4.02. The highest BCUT2D eigenvalue weighted by molar-refractivity contribution is 5.71. The molecule has 6 heteroatoms. The van der Waals surface area contributed by atoms with E-state index in [1.807, 2.05) is 72.5 Å². The van der Waals surface area contributed by atoms with Gasteiger partial charge in [0.05, 0.1) is 13.2 Å². The molecule has 2 rings (SSSR count). The third-order valence-electron chi connectivity index (χ3n) is 4.02. The van der Waals surface area contributed by atoms with Gasteiger partial charge in [-0.15, -0.1) is 0 Å². The predicted octanol–water partition coefficient (Wildman–Crippen LogP) is 3.37. The molecule has 0 aliphatic carbocycles. The number of esters is 1. The molecule has 0 spiro atoms. The summed E-state index contributed by atoms with van der Waals surface area (Å²) in [5.41, 5.74) is 2.02. The van der Waals surface area contributed by atoms with Crippen LogP contribution in [0.15, 0.2) is 60.7 Å². The van der Waals surface area contributed by atoms with Crippen molar-refractivity contribution in [2.75, 3.05) is 19.7 Å². The molecule has 0 saturated heterocycles. The minimum Gasteiger partial charge on any atom is -0.465 e. The number of carbonyl (C=O) groups is 2. The Kier molecular flexibility index (Phi) is 9.01. The monoisotopic (exact) mass is 384 g/mol. The summed E-state index contributed by atoms with van der Waals surface area (Å²) < 4.78 is 10.3. The Bertz CT molecular complexity index is 722. The summed E-state index contributed by atoms with van der Waals surface area (Å²) in [7, 11) is 0. The van der Waals surface area contributed by atoms with Gasteiger partial charge in [-0.25, -0.2) is 4.79 Å². The molecule has 150 valence electrons. The highest BCUT2D eigenvalue weighted by atomic mass is 16.5. The van der Waals surface area contributed by atoms with Gasteiger partial charge in [0.2, 0.25) is 0 Å². The second kappa shape index (κ2) is 11.8. The SMILES string of the molecule is CCOC(=O)CN(Cc1ccccc1)CC(C)NC(=O)OCc1ccccc1. The van der Waals surface area contributed by atoms with Crippen LogP contribution in [0.25, 0.3) is 0 Å². The lowest BCUT2D eigenvalue weighted by molar-refractivity contribution is -0.144. The number of amides is 1. The molecule has 1 amide bonds. The summed E-state index contributed by atoms with van der Waals surface area (Å²) in [5, 5.41) is 2.82. The average Bonchev–Trinajstić information content (AvgIpc) is 2.68. The molecule has 0 radical (unpaired) electrons. The van der Waals surface area contributed by atoms with Gasteiger partial charge >= 0.3 is 12.1 Å². The van der Waals surface area contributed by atoms with Crippen LogP contribution in [0.5, 0.6) is 0 Å². The Balaban J connectivity index is 1.86. The second-order valence-corrected chi connectivity index (χ2v) is 6.57. The number of benzene rings is 2. The van der Waals surface area contributed by atoms with E-state index >= 15 is 0 Å². The first-order chi connectivity index (χ1) is 13.6. The predicted molar refractivity (Wildman–Crippen MR) is 108 cm³/mol. The molecule has 0 saturated carbocycles. The van der Waals surface area contributed by atoms with Crippen LogP contribution in [0.3, 0.4) is 0 Å². The molecule has 0 heterocycles. The fourth-order valence-corrected chi connectivity index (χ4v) is 2.81. The maximum absolute atomic E-state index is 12.0. The van der Waals surface area contributed by atoms with Crippen molar-refractivity contribution in [1.82, 2.24) is 10.2 Å². The van der Waals surface area contributed by atoms with Crippen LogP contribution in [-0.2, 0) is 27.4 Å². The van der Waals surface area contributed by atoms with Crippen molar-refractivity contribution >= 4 is 12.1 Å². The molecule has 0 aliphatic heterocycles. The highest BCUT2D eigenvalue weighted by Crippen LogP contribution is 2.06. The lowest BCUT2D eigenvalue weighted by Gasteiger charge is -2.25. The summed E-state index contributed by atoms with van der Waals surface area (Å²) in [5.74, 6) is -0.280. The summed E-state index contributed by atoms with van der Waals surface area (Å²) in [6, 6.07) is 19.2. The number of ether oxygens (including phenoxy) is 2. The van der Waals surface area contributed by atoms with Crippen molar-refractivity contribution < 1.29 is 19.1 Å². The molecular weight excluding hydrogens is 356 g/mol. The zero-order chi connectivity index (χ0) is 20.2. The van der Waals surface area contributed by atoms with Crippen LogP contribution >= 0.6 is 0 Å². The highest BCUT2D eigenvalue weighted by Gasteiger charge is 2.17. The zero-order valence-electron chi connectivity index (χ0n) is 16.5. The Morgan fingerprint density at radius 3 is 2.18 bits per heavy atom. The molecule has 1 atom stereocenters. The van der Waals surface area contributed by atoms with Crippen molar-refractivity contribution in [2.45, 2.75) is 33.0 Å². The summed E-state index contributed by atoms with van der Waals surface area (Å²) in [6.45, 7) is 5.47. The van der Waals surface area contributed by atoms with E-state index in [4.69, 9.17) is 9.47 Å². The minimum absolute atomic E-state index is 0.161. The van der Waals surface area contributed by atoms with E-state index in [2.05, 4.69) is 5.32 Å². The maximum Gasteiger partial charge on any atom is 0.407 e. The topological polar surface area (TPSA) is 67.9 Å². The van der Waals surface area contributed by atoms with E-state index in [-0.39, 0.29) is 25.2 Å². The molecule has 2 aromatic rings. The van der Waals surface area contributed by atoms with Crippen LogP contribution < -0.4 is 5.32 Å². The first-order valence-electron chi connectivity index (χ1n) is 9.46. The number of rotatable bonds is 10. The smallest absolute Gasteiger partial charge is 0.407 e. The van der Waals surface area contributed by atoms with Gasteiger partial charge in [0.15, 0.2) is 0 Å². The molecule has 6 nitrogen and oxygen atoms in total. The van der Waals surface area contributed by atoms with Gasteiger partial charge < -0.3 is 14.8 Å². The Morgan fingerprint density at radius 2 is 1.57 bits per heavy atom. The van der Waals surface area contributed by atoms with Crippen molar-refractivity contribution in [3.05, 3.63) is 71.8 Å². The Morgan fingerprint density at radius 1 is 0.964 bits per heavy atom. The molecule has 0 fully saturated rings. The Hall–Kier alpha value is -2.86. The van der Waals surface area contributed by atoms with Crippen molar-refractivity contribution in [2.24, 2.45) is 0 Å². The van der Waals surface area contributed by atoms with Crippen molar-refractivity contribution in [3.8, 4) is 0 Å². The van der Waals surface area contributed by atoms with E-state index in [1.54, 1.807) is 6.92 Å². The molecule has 28 heavy (non-hydrogen) atoms.